The lowest BCUT2D eigenvalue weighted by atomic mass is 10.0. The summed E-state index contributed by atoms with van der Waals surface area (Å²) in [5.74, 6) is -1.59. The molecule has 0 spiro atoms. The fourth-order valence-electron chi connectivity index (χ4n) is 1.98. The Labute approximate surface area is 136 Å². The molecule has 0 unspecified atom stereocenters. The number of H-pyrrole nitrogens is 1. The molecule has 124 valence electrons. The average Bonchev–Trinajstić information content (AvgIpc) is 2.47. The van der Waals surface area contributed by atoms with Crippen LogP contribution in [0.15, 0.2) is 41.3 Å². The molecule has 2 rings (SSSR count). The van der Waals surface area contributed by atoms with Crippen LogP contribution in [-0.2, 0) is 0 Å². The van der Waals surface area contributed by atoms with Crippen molar-refractivity contribution >= 4 is 18.3 Å². The van der Waals surface area contributed by atoms with Crippen LogP contribution in [0.1, 0.15) is 40.9 Å². The third-order valence-electron chi connectivity index (χ3n) is 3.15. The van der Waals surface area contributed by atoms with E-state index in [1.807, 2.05) is 0 Å². The zero-order chi connectivity index (χ0) is 16.3. The van der Waals surface area contributed by atoms with E-state index in [0.29, 0.717) is 0 Å². The van der Waals surface area contributed by atoms with Gasteiger partial charge in [-0.2, -0.15) is 0 Å². The Morgan fingerprint density at radius 1 is 1.17 bits per heavy atom. The molecule has 1 heterocycles. The first-order valence-electron chi connectivity index (χ1n) is 6.46. The number of alkyl halides is 2. The van der Waals surface area contributed by atoms with Gasteiger partial charge in [0.1, 0.15) is 5.82 Å². The van der Waals surface area contributed by atoms with Gasteiger partial charge in [0, 0.05) is 17.8 Å². The molecule has 0 saturated carbocycles. The summed E-state index contributed by atoms with van der Waals surface area (Å²) in [7, 11) is 0. The molecule has 0 aliphatic carbocycles. The molecular weight excluding hydrogens is 333 g/mol. The number of carbonyl (C=O) groups excluding carboxylic acids is 1. The van der Waals surface area contributed by atoms with E-state index in [0.717, 1.165) is 6.07 Å². The molecule has 2 N–H and O–H groups in total. The van der Waals surface area contributed by atoms with Crippen LogP contribution >= 0.6 is 12.4 Å². The molecule has 1 aromatic carbocycles. The molecule has 1 atom stereocenters. The van der Waals surface area contributed by atoms with Crippen molar-refractivity contribution in [1.29, 1.82) is 0 Å². The van der Waals surface area contributed by atoms with Crippen LogP contribution in [0.25, 0.3) is 0 Å². The van der Waals surface area contributed by atoms with Gasteiger partial charge in [-0.05, 0) is 13.0 Å². The van der Waals surface area contributed by atoms with Crippen molar-refractivity contribution in [1.82, 2.24) is 10.3 Å². The first kappa shape index (κ1) is 18.8. The second kappa shape index (κ2) is 7.82. The number of halogens is 4. The molecule has 0 aliphatic rings. The molecule has 0 saturated heterocycles. The zero-order valence-corrected chi connectivity index (χ0v) is 12.8. The third-order valence-corrected chi connectivity index (χ3v) is 3.15. The summed E-state index contributed by atoms with van der Waals surface area (Å²) in [5.41, 5.74) is -0.921. The monoisotopic (exact) mass is 346 g/mol. The Bertz CT molecular complexity index is 729. The molecule has 1 aromatic heterocycles. The Kier molecular flexibility index (Phi) is 6.38. The van der Waals surface area contributed by atoms with E-state index in [4.69, 9.17) is 0 Å². The molecule has 2 aromatic rings. The molecule has 0 bridgehead atoms. The summed E-state index contributed by atoms with van der Waals surface area (Å²) < 4.78 is 39.4. The maximum absolute atomic E-state index is 14.0. The van der Waals surface area contributed by atoms with Crippen molar-refractivity contribution in [3.05, 3.63) is 69.4 Å². The summed E-state index contributed by atoms with van der Waals surface area (Å²) in [6.45, 7) is 1.48. The van der Waals surface area contributed by atoms with Crippen LogP contribution in [0.5, 0.6) is 0 Å². The van der Waals surface area contributed by atoms with Crippen LogP contribution in [0.2, 0.25) is 0 Å². The van der Waals surface area contributed by atoms with Gasteiger partial charge < -0.3 is 10.3 Å². The van der Waals surface area contributed by atoms with Crippen LogP contribution in [0.3, 0.4) is 0 Å². The number of amides is 1. The van der Waals surface area contributed by atoms with Crippen molar-refractivity contribution in [2.24, 2.45) is 0 Å². The largest absolute Gasteiger partial charge is 0.345 e. The molecule has 8 heteroatoms. The lowest BCUT2D eigenvalue weighted by Crippen LogP contribution is -2.28. The number of aromatic amines is 1. The van der Waals surface area contributed by atoms with Crippen LogP contribution in [0.4, 0.5) is 13.2 Å². The fraction of sp³-hybridized carbons (Fsp3) is 0.200. The molecular formula is C15H14ClF3N2O2. The first-order chi connectivity index (χ1) is 10.4. The average molecular weight is 347 g/mol. The highest BCUT2D eigenvalue weighted by molar-refractivity contribution is 5.94. The van der Waals surface area contributed by atoms with Crippen LogP contribution in [0, 0.1) is 5.82 Å². The van der Waals surface area contributed by atoms with Gasteiger partial charge in [-0.15, -0.1) is 12.4 Å². The number of pyridine rings is 1. The number of aromatic nitrogens is 1. The topological polar surface area (TPSA) is 62.0 Å². The summed E-state index contributed by atoms with van der Waals surface area (Å²) in [4.78, 5) is 25.2. The van der Waals surface area contributed by atoms with Crippen molar-refractivity contribution in [3.8, 4) is 0 Å². The molecule has 4 nitrogen and oxygen atoms in total. The smallest absolute Gasteiger partial charge is 0.266 e. The lowest BCUT2D eigenvalue weighted by Gasteiger charge is -2.16. The van der Waals surface area contributed by atoms with Gasteiger partial charge in [0.25, 0.3) is 12.3 Å². The lowest BCUT2D eigenvalue weighted by molar-refractivity contribution is 0.0939. The standard InChI is InChI=1S/C15H13F3N2O2.ClH/c1-8(10-3-2-4-11(13(10)16)14(17)18)20-15(22)9-5-6-12(21)19-7-9;/h2-8,14H,1H3,(H,19,21)(H,20,22);1H/t8-;/m1./s1. The zero-order valence-electron chi connectivity index (χ0n) is 12.0. The Balaban J connectivity index is 0.00000264. The maximum atomic E-state index is 14.0. The minimum Gasteiger partial charge on any atom is -0.345 e. The highest BCUT2D eigenvalue weighted by Gasteiger charge is 2.20. The summed E-state index contributed by atoms with van der Waals surface area (Å²) in [5, 5.41) is 2.49. The summed E-state index contributed by atoms with van der Waals surface area (Å²) in [6.07, 6.45) is -1.71. The molecule has 0 fully saturated rings. The minimum atomic E-state index is -2.93. The van der Waals surface area contributed by atoms with E-state index in [-0.39, 0.29) is 29.1 Å². The summed E-state index contributed by atoms with van der Waals surface area (Å²) in [6, 6.07) is 5.32. The van der Waals surface area contributed by atoms with Crippen molar-refractivity contribution < 1.29 is 18.0 Å². The third kappa shape index (κ3) is 4.35. The van der Waals surface area contributed by atoms with Gasteiger partial charge in [-0.3, -0.25) is 9.59 Å². The van der Waals surface area contributed by atoms with Gasteiger partial charge >= 0.3 is 0 Å². The number of carbonyl (C=O) groups is 1. The fourth-order valence-corrected chi connectivity index (χ4v) is 1.98. The van der Waals surface area contributed by atoms with E-state index in [1.54, 1.807) is 0 Å². The second-order valence-corrected chi connectivity index (χ2v) is 4.69. The highest BCUT2D eigenvalue weighted by Crippen LogP contribution is 2.27. The normalized spacial score (nSPS) is 11.7. The number of hydrogen-bond acceptors (Lipinski definition) is 2. The maximum Gasteiger partial charge on any atom is 0.266 e. The highest BCUT2D eigenvalue weighted by atomic mass is 35.5. The van der Waals surface area contributed by atoms with E-state index in [1.165, 1.54) is 37.4 Å². The number of hydrogen-bond donors (Lipinski definition) is 2. The van der Waals surface area contributed by atoms with Gasteiger partial charge in [-0.25, -0.2) is 13.2 Å². The van der Waals surface area contributed by atoms with Crippen LogP contribution < -0.4 is 10.9 Å². The number of rotatable bonds is 4. The first-order valence-corrected chi connectivity index (χ1v) is 6.46. The van der Waals surface area contributed by atoms with E-state index >= 15 is 0 Å². The van der Waals surface area contributed by atoms with E-state index in [2.05, 4.69) is 10.3 Å². The predicted octanol–water partition coefficient (Wildman–Crippen LogP) is 3.36. The van der Waals surface area contributed by atoms with Crippen LogP contribution in [-0.4, -0.2) is 10.9 Å². The van der Waals surface area contributed by atoms with Gasteiger partial charge in [0.2, 0.25) is 5.56 Å². The number of benzene rings is 1. The van der Waals surface area contributed by atoms with Gasteiger partial charge in [-0.1, -0.05) is 18.2 Å². The van der Waals surface area contributed by atoms with Crippen molar-refractivity contribution in [3.63, 3.8) is 0 Å². The van der Waals surface area contributed by atoms with Crippen molar-refractivity contribution in [2.45, 2.75) is 19.4 Å². The van der Waals surface area contributed by atoms with Gasteiger partial charge in [0.15, 0.2) is 0 Å². The molecule has 0 radical (unpaired) electrons. The Hall–Kier alpha value is -2.28. The van der Waals surface area contributed by atoms with E-state index in [9.17, 15) is 22.8 Å². The summed E-state index contributed by atoms with van der Waals surface area (Å²) >= 11 is 0. The number of nitrogens with one attached hydrogen (secondary N) is 2. The SMILES string of the molecule is C[C@@H](NC(=O)c1ccc(=O)[nH]c1)c1cccc(C(F)F)c1F.Cl. The molecule has 0 aliphatic heterocycles. The Morgan fingerprint density at radius 3 is 2.39 bits per heavy atom. The molecule has 1 amide bonds. The van der Waals surface area contributed by atoms with Gasteiger partial charge in [0.05, 0.1) is 17.2 Å². The van der Waals surface area contributed by atoms with E-state index < -0.39 is 29.8 Å². The van der Waals surface area contributed by atoms with Crippen molar-refractivity contribution in [2.75, 3.05) is 0 Å². The minimum absolute atomic E-state index is 0. The predicted molar refractivity (Wildman–Crippen MR) is 81.5 cm³/mol. The molecule has 23 heavy (non-hydrogen) atoms. The second-order valence-electron chi connectivity index (χ2n) is 4.69. The Morgan fingerprint density at radius 2 is 1.83 bits per heavy atom. The quantitative estimate of drug-likeness (QED) is 0.891.